The molecule has 0 aliphatic carbocycles. The van der Waals surface area contributed by atoms with E-state index in [1.165, 1.54) is 7.11 Å². The lowest BCUT2D eigenvalue weighted by molar-refractivity contribution is -0.140. The first-order valence-corrected chi connectivity index (χ1v) is 42.7. The van der Waals surface area contributed by atoms with Crippen molar-refractivity contribution >= 4 is 22.1 Å². The maximum Gasteiger partial charge on any atom is 0.305 e. The summed E-state index contributed by atoms with van der Waals surface area (Å²) in [4.78, 5) is 12.5. The van der Waals surface area contributed by atoms with Gasteiger partial charge in [0.25, 0.3) is 0 Å². The third kappa shape index (κ3) is 25.7. The molecule has 0 unspecified atom stereocenters. The van der Waals surface area contributed by atoms with Gasteiger partial charge in [-0.25, -0.2) is 0 Å². The van der Waals surface area contributed by atoms with Crippen molar-refractivity contribution in [3.63, 3.8) is 0 Å². The number of esters is 1. The van der Waals surface area contributed by atoms with Crippen molar-refractivity contribution in [3.05, 3.63) is 133 Å². The Labute approximate surface area is 594 Å². The van der Waals surface area contributed by atoms with Crippen LogP contribution in [0.1, 0.15) is 241 Å². The minimum atomic E-state index is -1.76. The monoisotopic (exact) mass is 1360 g/mol. The molecule has 11 heteroatoms. The fourth-order valence-electron chi connectivity index (χ4n) is 9.27. The maximum atomic E-state index is 12.5. The molecule has 0 heterocycles. The number of rotatable bonds is 25. The second-order valence-corrected chi connectivity index (χ2v) is 40.2. The third-order valence-electron chi connectivity index (χ3n) is 15.8. The summed E-state index contributed by atoms with van der Waals surface area (Å²) < 4.78 is 51.6. The quantitative estimate of drug-likeness (QED) is 0.0245. The van der Waals surface area contributed by atoms with Crippen LogP contribution in [-0.2, 0) is 25.8 Å². The highest BCUT2D eigenvalue weighted by Crippen LogP contribution is 2.38. The van der Waals surface area contributed by atoms with Crippen LogP contribution in [0.15, 0.2) is 60.7 Å². The molecule has 98 heavy (non-hydrogen) atoms. The lowest BCUT2D eigenvalue weighted by Crippen LogP contribution is -2.17. The van der Waals surface area contributed by atoms with Crippen LogP contribution >= 0.6 is 0 Å². The van der Waals surface area contributed by atoms with E-state index in [9.17, 15) is 4.79 Å². The molecule has 0 fully saturated rings. The summed E-state index contributed by atoms with van der Waals surface area (Å²) in [6.45, 7) is 53.4. The van der Waals surface area contributed by atoms with Crippen molar-refractivity contribution < 1.29 is 42.7 Å². The molecule has 524 valence electrons. The molecule has 9 nitrogen and oxygen atoms in total. The highest BCUT2D eigenvalue weighted by Gasteiger charge is 2.25. The molecule has 0 radical (unpaired) electrons. The molecule has 0 aliphatic heterocycles. The van der Waals surface area contributed by atoms with E-state index in [-0.39, 0.29) is 35.2 Å². The molecule has 0 N–H and O–H groups in total. The van der Waals surface area contributed by atoms with Gasteiger partial charge in [0.15, 0.2) is 17.2 Å². The van der Waals surface area contributed by atoms with Crippen LogP contribution in [0.25, 0.3) is 0 Å². The van der Waals surface area contributed by atoms with E-state index < -0.39 is 16.1 Å². The fraction of sp³-hybridized carbons (Fsp3) is 0.506. The normalized spacial score (nSPS) is 12.0. The van der Waals surface area contributed by atoms with Gasteiger partial charge < -0.3 is 37.9 Å². The fourth-order valence-corrected chi connectivity index (χ4v) is 10.3. The van der Waals surface area contributed by atoms with Crippen LogP contribution in [0.3, 0.4) is 0 Å². The minimum absolute atomic E-state index is 0.172. The Morgan fingerprint density at radius 2 is 0.622 bits per heavy atom. The summed E-state index contributed by atoms with van der Waals surface area (Å²) in [7, 11) is -2.13. The van der Waals surface area contributed by atoms with Gasteiger partial charge in [0.05, 0.1) is 109 Å². The first kappa shape index (κ1) is 80.6. The summed E-state index contributed by atoms with van der Waals surface area (Å²) in [5.74, 6) is 40.0. The molecule has 0 spiro atoms. The van der Waals surface area contributed by atoms with Crippen molar-refractivity contribution in [3.8, 4) is 111 Å². The van der Waals surface area contributed by atoms with Gasteiger partial charge in [-0.15, -0.1) is 11.1 Å². The SMILES string of the molecule is CCCOc1cc(C#Cc2cc(C(C)(C)C)cc(C#C[Si](C)(C)C)c2OC[C@@H](C)CC)c(OCCC)cc1C#Cc1cc(C(C)(C)C)cc(C#Cc2cc(OCCC)c(C#Cc3cc(C(C)(C)C)cc(C#C[Si](C)(C)C)c3OC[C@@H](C)CC)cc2OCCC)c1OCCCC(=O)OC. The van der Waals surface area contributed by atoms with Gasteiger partial charge in [-0.3, -0.25) is 4.79 Å². The van der Waals surface area contributed by atoms with Crippen LogP contribution in [0.5, 0.6) is 40.2 Å². The molecule has 5 aromatic carbocycles. The molecule has 2 atom stereocenters. The van der Waals surface area contributed by atoms with E-state index in [1.54, 1.807) is 0 Å². The largest absolute Gasteiger partial charge is 0.492 e. The van der Waals surface area contributed by atoms with Gasteiger partial charge in [0, 0.05) is 30.7 Å². The van der Waals surface area contributed by atoms with E-state index >= 15 is 0 Å². The number of hydrogen-bond donors (Lipinski definition) is 0. The van der Waals surface area contributed by atoms with E-state index in [2.05, 4.69) is 264 Å². The van der Waals surface area contributed by atoms with Crippen LogP contribution < -0.4 is 33.2 Å². The minimum Gasteiger partial charge on any atom is -0.492 e. The Morgan fingerprint density at radius 3 is 0.857 bits per heavy atom. The van der Waals surface area contributed by atoms with E-state index in [4.69, 9.17) is 37.9 Å². The summed E-state index contributed by atoms with van der Waals surface area (Å²) >= 11 is 0. The zero-order valence-corrected chi connectivity index (χ0v) is 66.2. The molecule has 0 aromatic heterocycles. The molecule has 0 aliphatic rings. The number of benzene rings is 5. The Morgan fingerprint density at radius 1 is 0.367 bits per heavy atom. The van der Waals surface area contributed by atoms with Crippen LogP contribution in [0.4, 0.5) is 0 Å². The first-order valence-electron chi connectivity index (χ1n) is 35.7. The molecule has 5 aromatic rings. The Hall–Kier alpha value is -8.04. The number of carbonyl (C=O) groups is 1. The standard InChI is InChI=1S/C87H114O9Si2/c1-25-43-90-77-58-66(35-39-70-52-75(86(12,13)14)54-72(41-48-97(19,20)21)83(70)95-60-62(7)29-5)79(92-45-27-3)56-64(77)33-37-68-50-74(85(9,10)11)51-69(82(68)94-47-31-32-81(88)89-18)38-34-65-57-80(93-46-28-4)67(59-78(65)91-44-26-2)36-40-71-53-76(87(15,16)17)55-73(42-49-98(22,23)24)84(71)96-61-63(8)30-6/h50-59,62-63H,25-32,43-47,60-61H2,1-24H3/t62-,63-/m0/s1. The van der Waals surface area contributed by atoms with Gasteiger partial charge in [-0.1, -0.05) is 229 Å². The van der Waals surface area contributed by atoms with Crippen molar-refractivity contribution in [1.29, 1.82) is 0 Å². The Balaban J connectivity index is 1.83. The van der Waals surface area contributed by atoms with Crippen LogP contribution in [-0.4, -0.2) is 75.5 Å². The second kappa shape index (κ2) is 37.2. The Bertz CT molecular complexity index is 3710. The van der Waals surface area contributed by atoms with Crippen LogP contribution in [0, 0.1) is 82.1 Å². The summed E-state index contributed by atoms with van der Waals surface area (Å²) in [6.07, 6.45) is 5.62. The van der Waals surface area contributed by atoms with Crippen molar-refractivity contribution in [2.75, 3.05) is 53.4 Å². The van der Waals surface area contributed by atoms with Gasteiger partial charge >= 0.3 is 5.97 Å². The highest BCUT2D eigenvalue weighted by atomic mass is 28.3. The molecular weight excluding hydrogens is 1250 g/mol. The number of hydrogen-bond acceptors (Lipinski definition) is 9. The van der Waals surface area contributed by atoms with Gasteiger partial charge in [0.2, 0.25) is 0 Å². The van der Waals surface area contributed by atoms with Gasteiger partial charge in [0.1, 0.15) is 39.1 Å². The zero-order chi connectivity index (χ0) is 72.6. The maximum absolute atomic E-state index is 12.5. The van der Waals surface area contributed by atoms with Crippen molar-refractivity contribution in [2.45, 2.75) is 225 Å². The molecule has 5 rings (SSSR count). The van der Waals surface area contributed by atoms with Crippen LogP contribution in [0.2, 0.25) is 39.3 Å². The summed E-state index contributed by atoms with van der Waals surface area (Å²) in [5, 5.41) is 0. The number of ether oxygens (including phenoxy) is 8. The molecule has 0 saturated heterocycles. The Kier molecular flexibility index (Phi) is 30.6. The lowest BCUT2D eigenvalue weighted by atomic mass is 9.84. The van der Waals surface area contributed by atoms with Crippen molar-refractivity contribution in [2.24, 2.45) is 11.8 Å². The average Bonchev–Trinajstić information content (AvgIpc) is 0.812. The molecule has 0 bridgehead atoms. The van der Waals surface area contributed by atoms with E-state index in [0.29, 0.717) is 132 Å². The molecular formula is C87H114O9Si2. The number of carbonyl (C=O) groups excluding carboxylic acids is 1. The topological polar surface area (TPSA) is 90.9 Å². The molecule has 0 saturated carbocycles. The van der Waals surface area contributed by atoms with Gasteiger partial charge in [-0.2, -0.15) is 0 Å². The molecule has 0 amide bonds. The average molecular weight is 1360 g/mol. The summed E-state index contributed by atoms with van der Waals surface area (Å²) in [5.41, 5.74) is 16.7. The predicted molar refractivity (Wildman–Crippen MR) is 412 cm³/mol. The second-order valence-electron chi connectivity index (χ2n) is 30.7. The highest BCUT2D eigenvalue weighted by molar-refractivity contribution is 6.84. The van der Waals surface area contributed by atoms with Crippen molar-refractivity contribution in [1.82, 2.24) is 0 Å². The first-order chi connectivity index (χ1) is 46.1. The van der Waals surface area contributed by atoms with E-state index in [0.717, 1.165) is 77.5 Å². The lowest BCUT2D eigenvalue weighted by Gasteiger charge is -2.22. The summed E-state index contributed by atoms with van der Waals surface area (Å²) in [6, 6.07) is 20.6. The third-order valence-corrected chi connectivity index (χ3v) is 17.5. The van der Waals surface area contributed by atoms with Gasteiger partial charge in [-0.05, 0) is 113 Å². The number of methoxy groups -OCH3 is 1. The smallest absolute Gasteiger partial charge is 0.305 e. The zero-order valence-electron chi connectivity index (χ0n) is 64.2. The predicted octanol–water partition coefficient (Wildman–Crippen LogP) is 20.0. The van der Waals surface area contributed by atoms with E-state index in [1.807, 2.05) is 24.3 Å².